The van der Waals surface area contributed by atoms with Crippen molar-refractivity contribution in [1.29, 1.82) is 0 Å². The molecule has 0 fully saturated rings. The van der Waals surface area contributed by atoms with E-state index in [1.165, 1.54) is 24.3 Å². The van der Waals surface area contributed by atoms with Crippen molar-refractivity contribution >= 4 is 0 Å². The SMILES string of the molecule is OC(c1ccc(-c2ccc(C(F)(F)F)cc2)cc1)c1ccc(-c2ccc(C(F)(F)F)cc2)cc1. The minimum atomic E-state index is -4.39. The van der Waals surface area contributed by atoms with Gasteiger partial charge in [-0.05, 0) is 57.6 Å². The molecule has 0 unspecified atom stereocenters. The van der Waals surface area contributed by atoms with Crippen LogP contribution in [0.15, 0.2) is 97.1 Å². The molecule has 0 amide bonds. The summed E-state index contributed by atoms with van der Waals surface area (Å²) in [5.41, 5.74) is 2.41. The van der Waals surface area contributed by atoms with Gasteiger partial charge in [-0.1, -0.05) is 72.8 Å². The standard InChI is InChI=1S/C27H18F6O/c28-26(29,30)23-13-9-19(10-14-23)17-1-5-21(6-2-17)25(34)22-7-3-18(4-8-22)20-11-15-24(16-12-20)27(31,32)33/h1-16,25,34H. The normalized spacial score (nSPS) is 12.2. The maximum atomic E-state index is 12.7. The molecule has 0 spiro atoms. The number of aliphatic hydroxyl groups is 1. The van der Waals surface area contributed by atoms with Crippen LogP contribution in [0.5, 0.6) is 0 Å². The van der Waals surface area contributed by atoms with E-state index in [2.05, 4.69) is 0 Å². The smallest absolute Gasteiger partial charge is 0.384 e. The van der Waals surface area contributed by atoms with Gasteiger partial charge in [0, 0.05) is 0 Å². The van der Waals surface area contributed by atoms with E-state index in [1.54, 1.807) is 48.5 Å². The molecule has 0 aromatic heterocycles. The molecule has 4 aromatic rings. The van der Waals surface area contributed by atoms with Crippen LogP contribution in [0.3, 0.4) is 0 Å². The zero-order valence-electron chi connectivity index (χ0n) is 17.5. The van der Waals surface area contributed by atoms with Crippen molar-refractivity contribution < 1.29 is 31.4 Å². The van der Waals surface area contributed by atoms with Crippen molar-refractivity contribution in [2.75, 3.05) is 0 Å². The average molecular weight is 472 g/mol. The minimum Gasteiger partial charge on any atom is -0.384 e. The lowest BCUT2D eigenvalue weighted by Gasteiger charge is -2.14. The fourth-order valence-electron chi connectivity index (χ4n) is 3.61. The summed E-state index contributed by atoms with van der Waals surface area (Å²) in [6.07, 6.45) is -9.73. The number of aliphatic hydroxyl groups excluding tert-OH is 1. The third kappa shape index (κ3) is 5.15. The van der Waals surface area contributed by atoms with Gasteiger partial charge in [-0.2, -0.15) is 26.3 Å². The van der Waals surface area contributed by atoms with Crippen molar-refractivity contribution in [2.24, 2.45) is 0 Å². The number of halogens is 6. The summed E-state index contributed by atoms with van der Waals surface area (Å²) in [6.45, 7) is 0. The number of rotatable bonds is 4. The van der Waals surface area contributed by atoms with E-state index in [-0.39, 0.29) is 0 Å². The number of alkyl halides is 6. The van der Waals surface area contributed by atoms with Gasteiger partial charge in [0.25, 0.3) is 0 Å². The Morgan fingerprint density at radius 2 is 0.647 bits per heavy atom. The molecule has 0 aliphatic rings. The van der Waals surface area contributed by atoms with Gasteiger partial charge in [0.05, 0.1) is 11.1 Å². The fraction of sp³-hybridized carbons (Fsp3) is 0.111. The van der Waals surface area contributed by atoms with Crippen molar-refractivity contribution in [2.45, 2.75) is 18.5 Å². The largest absolute Gasteiger partial charge is 0.416 e. The van der Waals surface area contributed by atoms with Gasteiger partial charge >= 0.3 is 12.4 Å². The van der Waals surface area contributed by atoms with E-state index in [4.69, 9.17) is 0 Å². The summed E-state index contributed by atoms with van der Waals surface area (Å²) in [5.74, 6) is 0. The molecule has 0 aliphatic carbocycles. The van der Waals surface area contributed by atoms with Crippen molar-refractivity contribution in [3.05, 3.63) is 119 Å². The summed E-state index contributed by atoms with van der Waals surface area (Å²) < 4.78 is 76.4. The maximum absolute atomic E-state index is 12.7. The molecule has 4 rings (SSSR count). The van der Waals surface area contributed by atoms with E-state index >= 15 is 0 Å². The monoisotopic (exact) mass is 472 g/mol. The van der Waals surface area contributed by atoms with Gasteiger partial charge in [-0.15, -0.1) is 0 Å². The summed E-state index contributed by atoms with van der Waals surface area (Å²) in [6, 6.07) is 23.3. The van der Waals surface area contributed by atoms with Gasteiger partial charge in [0.15, 0.2) is 0 Å². The molecule has 0 saturated heterocycles. The van der Waals surface area contributed by atoms with Crippen molar-refractivity contribution in [3.63, 3.8) is 0 Å². The Balaban J connectivity index is 1.48. The summed E-state index contributed by atoms with van der Waals surface area (Å²) >= 11 is 0. The highest BCUT2D eigenvalue weighted by molar-refractivity contribution is 5.65. The van der Waals surface area contributed by atoms with Crippen LogP contribution < -0.4 is 0 Å². The predicted octanol–water partition coefficient (Wildman–Crippen LogP) is 8.14. The molecule has 0 radical (unpaired) electrons. The van der Waals surface area contributed by atoms with Gasteiger partial charge in [-0.25, -0.2) is 0 Å². The second kappa shape index (κ2) is 8.99. The maximum Gasteiger partial charge on any atom is 0.416 e. The van der Waals surface area contributed by atoms with Gasteiger partial charge < -0.3 is 5.11 Å². The zero-order valence-corrected chi connectivity index (χ0v) is 17.5. The number of hydrogen-bond donors (Lipinski definition) is 1. The highest BCUT2D eigenvalue weighted by atomic mass is 19.4. The van der Waals surface area contributed by atoms with E-state index in [1.807, 2.05) is 0 Å². The lowest BCUT2D eigenvalue weighted by atomic mass is 9.96. The number of benzene rings is 4. The van der Waals surface area contributed by atoms with Crippen LogP contribution >= 0.6 is 0 Å². The first-order valence-electron chi connectivity index (χ1n) is 10.3. The molecule has 1 N–H and O–H groups in total. The zero-order chi connectivity index (χ0) is 24.5. The molecule has 4 aromatic carbocycles. The van der Waals surface area contributed by atoms with E-state index < -0.39 is 29.6 Å². The topological polar surface area (TPSA) is 20.2 Å². The lowest BCUT2D eigenvalue weighted by Crippen LogP contribution is -2.04. The summed E-state index contributed by atoms with van der Waals surface area (Å²) in [5, 5.41) is 10.7. The molecule has 0 saturated carbocycles. The molecular formula is C27H18F6O. The molecular weight excluding hydrogens is 454 g/mol. The van der Waals surface area contributed by atoms with Crippen molar-refractivity contribution in [1.82, 2.24) is 0 Å². The summed E-state index contributed by atoms with van der Waals surface area (Å²) in [4.78, 5) is 0. The Morgan fingerprint density at radius 3 is 0.882 bits per heavy atom. The first-order valence-corrected chi connectivity index (χ1v) is 10.3. The third-order valence-corrected chi connectivity index (χ3v) is 5.54. The van der Waals surface area contributed by atoms with Crippen LogP contribution in [0, 0.1) is 0 Å². The molecule has 34 heavy (non-hydrogen) atoms. The Bertz CT molecular complexity index is 1140. The Hall–Kier alpha value is -3.58. The van der Waals surface area contributed by atoms with Crippen LogP contribution in [-0.2, 0) is 12.4 Å². The summed E-state index contributed by atoms with van der Waals surface area (Å²) in [7, 11) is 0. The van der Waals surface area contributed by atoms with Crippen LogP contribution in [0.2, 0.25) is 0 Å². The average Bonchev–Trinajstić information content (AvgIpc) is 2.83. The fourth-order valence-corrected chi connectivity index (χ4v) is 3.61. The van der Waals surface area contributed by atoms with Crippen LogP contribution in [0.25, 0.3) is 22.3 Å². The Labute approximate surface area is 191 Å². The molecule has 1 nitrogen and oxygen atoms in total. The van der Waals surface area contributed by atoms with Gasteiger partial charge in [-0.3, -0.25) is 0 Å². The molecule has 174 valence electrons. The first-order chi connectivity index (χ1) is 16.0. The lowest BCUT2D eigenvalue weighted by molar-refractivity contribution is -0.138. The van der Waals surface area contributed by atoms with E-state index in [0.29, 0.717) is 33.4 Å². The highest BCUT2D eigenvalue weighted by Gasteiger charge is 2.30. The molecule has 7 heteroatoms. The predicted molar refractivity (Wildman–Crippen MR) is 118 cm³/mol. The van der Waals surface area contributed by atoms with Gasteiger partial charge in [0.1, 0.15) is 6.10 Å². The van der Waals surface area contributed by atoms with E-state index in [0.717, 1.165) is 24.3 Å². The molecule has 0 heterocycles. The van der Waals surface area contributed by atoms with E-state index in [9.17, 15) is 31.4 Å². The second-order valence-electron chi connectivity index (χ2n) is 7.80. The van der Waals surface area contributed by atoms with Gasteiger partial charge in [0.2, 0.25) is 0 Å². The number of hydrogen-bond acceptors (Lipinski definition) is 1. The van der Waals surface area contributed by atoms with Crippen LogP contribution in [0.4, 0.5) is 26.3 Å². The minimum absolute atomic E-state index is 0.595. The highest BCUT2D eigenvalue weighted by Crippen LogP contribution is 2.33. The second-order valence-corrected chi connectivity index (χ2v) is 7.80. The third-order valence-electron chi connectivity index (χ3n) is 5.54. The van der Waals surface area contributed by atoms with Crippen LogP contribution in [0.1, 0.15) is 28.4 Å². The molecule has 0 atom stereocenters. The van der Waals surface area contributed by atoms with Crippen LogP contribution in [-0.4, -0.2) is 5.11 Å². The Morgan fingerprint density at radius 1 is 0.412 bits per heavy atom. The molecule has 0 bridgehead atoms. The quantitative estimate of drug-likeness (QED) is 0.297. The molecule has 0 aliphatic heterocycles. The van der Waals surface area contributed by atoms with Crippen molar-refractivity contribution in [3.8, 4) is 22.3 Å². The Kier molecular flexibility index (Phi) is 6.23. The first kappa shape index (κ1) is 23.6.